The van der Waals surface area contributed by atoms with Crippen LogP contribution in [0, 0.1) is 5.41 Å². The van der Waals surface area contributed by atoms with Crippen LogP contribution in [0.25, 0.3) is 0 Å². The van der Waals surface area contributed by atoms with E-state index in [1.165, 1.54) is 0 Å². The lowest BCUT2D eigenvalue weighted by atomic mass is 10.0. The number of hydrogen-bond donors (Lipinski definition) is 3. The molecule has 3 N–H and O–H groups in total. The molecule has 0 atom stereocenters. The van der Waals surface area contributed by atoms with Gasteiger partial charge in [-0.3, -0.25) is 5.10 Å². The Balaban J connectivity index is 2.10. The zero-order valence-electron chi connectivity index (χ0n) is 10.6. The summed E-state index contributed by atoms with van der Waals surface area (Å²) in [5.41, 5.74) is -0.279. The predicted molar refractivity (Wildman–Crippen MR) is 67.3 cm³/mol. The van der Waals surface area contributed by atoms with Gasteiger partial charge in [-0.15, -0.1) is 0 Å². The van der Waals surface area contributed by atoms with Crippen LogP contribution in [0.4, 0.5) is 0 Å². The Morgan fingerprint density at radius 2 is 2.26 bits per heavy atom. The summed E-state index contributed by atoms with van der Waals surface area (Å²) in [4.78, 5) is 10.9. The molecular formula is C11H17N3O4S. The topological polar surface area (TPSA) is 112 Å². The van der Waals surface area contributed by atoms with Gasteiger partial charge in [0, 0.05) is 6.54 Å². The first kappa shape index (κ1) is 14.0. The third-order valence-electron chi connectivity index (χ3n) is 3.48. The van der Waals surface area contributed by atoms with Crippen LogP contribution >= 0.6 is 0 Å². The molecular weight excluding hydrogens is 270 g/mol. The van der Waals surface area contributed by atoms with Gasteiger partial charge in [0.2, 0.25) is 0 Å². The summed E-state index contributed by atoms with van der Waals surface area (Å²) in [5, 5.41) is 14.2. The van der Waals surface area contributed by atoms with E-state index in [1.807, 2.05) is 0 Å². The Bertz CT molecular complexity index is 575. The number of carbonyl (C=O) groups is 1. The molecule has 1 saturated carbocycles. The van der Waals surface area contributed by atoms with Crippen LogP contribution in [0.2, 0.25) is 0 Å². The van der Waals surface area contributed by atoms with Gasteiger partial charge in [0.05, 0.1) is 6.20 Å². The van der Waals surface area contributed by atoms with Crippen LogP contribution in [0.1, 0.15) is 43.0 Å². The second-order valence-corrected chi connectivity index (χ2v) is 6.70. The quantitative estimate of drug-likeness (QED) is 0.691. The summed E-state index contributed by atoms with van der Waals surface area (Å²) in [6, 6.07) is 0. The summed E-state index contributed by atoms with van der Waals surface area (Å²) in [5.74, 6) is -1.32. The Labute approximate surface area is 111 Å². The van der Waals surface area contributed by atoms with Crippen molar-refractivity contribution in [2.45, 2.75) is 37.6 Å². The molecule has 0 saturated heterocycles. The first-order valence-corrected chi connectivity index (χ1v) is 7.65. The SMILES string of the molecule is CCCC1(CNS(=O)(=O)c2[nH]ncc2C(=O)O)CC1. The molecule has 1 fully saturated rings. The maximum absolute atomic E-state index is 12.1. The molecule has 7 nitrogen and oxygen atoms in total. The van der Waals surface area contributed by atoms with Gasteiger partial charge in [0.15, 0.2) is 5.03 Å². The summed E-state index contributed by atoms with van der Waals surface area (Å²) in [6.45, 7) is 2.41. The number of nitrogens with one attached hydrogen (secondary N) is 2. The van der Waals surface area contributed by atoms with E-state index < -0.39 is 16.0 Å². The lowest BCUT2D eigenvalue weighted by molar-refractivity contribution is 0.0692. The van der Waals surface area contributed by atoms with E-state index in [1.54, 1.807) is 0 Å². The number of aromatic nitrogens is 2. The Kier molecular flexibility index (Phi) is 3.64. The maximum atomic E-state index is 12.1. The lowest BCUT2D eigenvalue weighted by Gasteiger charge is -2.14. The summed E-state index contributed by atoms with van der Waals surface area (Å²) in [6.07, 6.45) is 5.00. The zero-order chi connectivity index (χ0) is 14.1. The van der Waals surface area contributed by atoms with Crippen LogP contribution in [-0.4, -0.2) is 36.2 Å². The molecule has 0 amide bonds. The molecule has 0 aliphatic heterocycles. The van der Waals surface area contributed by atoms with E-state index in [2.05, 4.69) is 21.8 Å². The molecule has 1 aromatic heterocycles. The van der Waals surface area contributed by atoms with Crippen molar-refractivity contribution in [2.24, 2.45) is 5.41 Å². The fourth-order valence-corrected chi connectivity index (χ4v) is 3.42. The molecule has 8 heteroatoms. The molecule has 1 aliphatic carbocycles. The third-order valence-corrected chi connectivity index (χ3v) is 4.85. The van der Waals surface area contributed by atoms with Crippen molar-refractivity contribution in [2.75, 3.05) is 6.54 Å². The van der Waals surface area contributed by atoms with Gasteiger partial charge >= 0.3 is 5.97 Å². The number of rotatable bonds is 7. The Morgan fingerprint density at radius 1 is 1.58 bits per heavy atom. The van der Waals surface area contributed by atoms with Gasteiger partial charge in [-0.1, -0.05) is 13.3 Å². The normalized spacial score (nSPS) is 17.3. The minimum absolute atomic E-state index is 0.0607. The van der Waals surface area contributed by atoms with E-state index in [4.69, 9.17) is 5.11 Å². The smallest absolute Gasteiger partial charge is 0.340 e. The van der Waals surface area contributed by atoms with Crippen LogP contribution in [0.3, 0.4) is 0 Å². The Hall–Kier alpha value is -1.41. The number of hydrogen-bond acceptors (Lipinski definition) is 4. The highest BCUT2D eigenvalue weighted by Crippen LogP contribution is 2.49. The molecule has 19 heavy (non-hydrogen) atoms. The van der Waals surface area contributed by atoms with Crippen LogP contribution in [-0.2, 0) is 10.0 Å². The highest BCUT2D eigenvalue weighted by atomic mass is 32.2. The van der Waals surface area contributed by atoms with Crippen molar-refractivity contribution < 1.29 is 18.3 Å². The van der Waals surface area contributed by atoms with Gasteiger partial charge in [0.25, 0.3) is 10.0 Å². The van der Waals surface area contributed by atoms with Gasteiger partial charge in [-0.25, -0.2) is 17.9 Å². The molecule has 0 spiro atoms. The van der Waals surface area contributed by atoms with Crippen molar-refractivity contribution >= 4 is 16.0 Å². The summed E-state index contributed by atoms with van der Waals surface area (Å²) < 4.78 is 26.6. The lowest BCUT2D eigenvalue weighted by Crippen LogP contribution is -2.31. The van der Waals surface area contributed by atoms with Crippen molar-refractivity contribution in [3.05, 3.63) is 11.8 Å². The number of aromatic carboxylic acids is 1. The van der Waals surface area contributed by atoms with Gasteiger partial charge < -0.3 is 5.11 Å². The second-order valence-electron chi connectivity index (χ2n) is 4.99. The molecule has 1 heterocycles. The Morgan fingerprint density at radius 3 is 2.79 bits per heavy atom. The van der Waals surface area contributed by atoms with E-state index in [9.17, 15) is 13.2 Å². The summed E-state index contributed by atoms with van der Waals surface area (Å²) in [7, 11) is -3.85. The fourth-order valence-electron chi connectivity index (χ4n) is 2.17. The minimum atomic E-state index is -3.85. The van der Waals surface area contributed by atoms with Gasteiger partial charge in [-0.2, -0.15) is 5.10 Å². The van der Waals surface area contributed by atoms with E-state index >= 15 is 0 Å². The van der Waals surface area contributed by atoms with E-state index in [0.717, 1.165) is 31.9 Å². The predicted octanol–water partition coefficient (Wildman–Crippen LogP) is 0.966. The van der Waals surface area contributed by atoms with Crippen molar-refractivity contribution in [3.63, 3.8) is 0 Å². The van der Waals surface area contributed by atoms with Crippen LogP contribution in [0.5, 0.6) is 0 Å². The van der Waals surface area contributed by atoms with Crippen LogP contribution < -0.4 is 4.72 Å². The van der Waals surface area contributed by atoms with E-state index in [-0.39, 0.29) is 16.0 Å². The highest BCUT2D eigenvalue weighted by molar-refractivity contribution is 7.89. The van der Waals surface area contributed by atoms with Gasteiger partial charge in [0.1, 0.15) is 5.56 Å². The van der Waals surface area contributed by atoms with Crippen LogP contribution in [0.15, 0.2) is 11.2 Å². The number of H-pyrrole nitrogens is 1. The monoisotopic (exact) mass is 287 g/mol. The average Bonchev–Trinajstić information content (AvgIpc) is 2.92. The number of carboxylic acid groups (broad SMARTS) is 1. The largest absolute Gasteiger partial charge is 0.478 e. The molecule has 0 radical (unpaired) electrons. The zero-order valence-corrected chi connectivity index (χ0v) is 11.5. The molecule has 0 bridgehead atoms. The minimum Gasteiger partial charge on any atom is -0.478 e. The standard InChI is InChI=1S/C11H17N3O4S/c1-2-3-11(4-5-11)7-13-19(17,18)9-8(10(15)16)6-12-14-9/h6,13H,2-5,7H2,1H3,(H,12,14)(H,15,16). The van der Waals surface area contributed by atoms with Gasteiger partial charge in [-0.05, 0) is 24.7 Å². The molecule has 0 unspecified atom stereocenters. The molecule has 106 valence electrons. The number of aromatic amines is 1. The molecule has 1 aromatic rings. The van der Waals surface area contributed by atoms with Crippen molar-refractivity contribution in [1.82, 2.24) is 14.9 Å². The maximum Gasteiger partial charge on any atom is 0.340 e. The molecule has 2 rings (SSSR count). The number of sulfonamides is 1. The second kappa shape index (κ2) is 4.93. The highest BCUT2D eigenvalue weighted by Gasteiger charge is 2.42. The van der Waals surface area contributed by atoms with E-state index in [0.29, 0.717) is 6.54 Å². The fraction of sp³-hybridized carbons (Fsp3) is 0.636. The molecule has 1 aliphatic rings. The first-order valence-electron chi connectivity index (χ1n) is 6.16. The number of nitrogens with zero attached hydrogens (tertiary/aromatic N) is 1. The third kappa shape index (κ3) is 2.95. The average molecular weight is 287 g/mol. The molecule has 0 aromatic carbocycles. The number of carboxylic acids is 1. The van der Waals surface area contributed by atoms with Crippen molar-refractivity contribution in [1.29, 1.82) is 0 Å². The first-order chi connectivity index (χ1) is 8.90. The summed E-state index contributed by atoms with van der Waals surface area (Å²) >= 11 is 0. The van der Waals surface area contributed by atoms with Crippen molar-refractivity contribution in [3.8, 4) is 0 Å².